The van der Waals surface area contributed by atoms with E-state index in [1.165, 1.54) is 19.2 Å². The highest BCUT2D eigenvalue weighted by molar-refractivity contribution is 5.99. The summed E-state index contributed by atoms with van der Waals surface area (Å²) in [5.74, 6) is -2.67. The molecule has 1 aromatic carbocycles. The SMILES string of the molecule is CC[C@H](NC(=O)c1c(F)cccc1OC)C(=O)O. The third-order valence-corrected chi connectivity index (χ3v) is 2.43. The Morgan fingerprint density at radius 1 is 1.50 bits per heavy atom. The lowest BCUT2D eigenvalue weighted by Gasteiger charge is -2.14. The summed E-state index contributed by atoms with van der Waals surface area (Å²) in [4.78, 5) is 22.6. The Morgan fingerprint density at radius 3 is 2.67 bits per heavy atom. The third-order valence-electron chi connectivity index (χ3n) is 2.43. The molecule has 1 rings (SSSR count). The normalized spacial score (nSPS) is 11.7. The Hall–Kier alpha value is -2.11. The summed E-state index contributed by atoms with van der Waals surface area (Å²) in [6.45, 7) is 1.61. The van der Waals surface area contributed by atoms with Crippen molar-refractivity contribution in [2.45, 2.75) is 19.4 Å². The van der Waals surface area contributed by atoms with Crippen molar-refractivity contribution in [2.75, 3.05) is 7.11 Å². The predicted molar refractivity (Wildman–Crippen MR) is 62.1 cm³/mol. The second-order valence-corrected chi connectivity index (χ2v) is 3.59. The van der Waals surface area contributed by atoms with Crippen molar-refractivity contribution in [1.82, 2.24) is 5.32 Å². The molecule has 1 aromatic rings. The summed E-state index contributed by atoms with van der Waals surface area (Å²) < 4.78 is 18.4. The van der Waals surface area contributed by atoms with E-state index in [2.05, 4.69) is 5.32 Å². The molecule has 0 saturated heterocycles. The van der Waals surface area contributed by atoms with Gasteiger partial charge in [0.05, 0.1) is 7.11 Å². The number of hydrogen-bond acceptors (Lipinski definition) is 3. The van der Waals surface area contributed by atoms with Gasteiger partial charge in [-0.15, -0.1) is 0 Å². The van der Waals surface area contributed by atoms with Crippen molar-refractivity contribution < 1.29 is 23.8 Å². The van der Waals surface area contributed by atoms with Crippen LogP contribution in [0.15, 0.2) is 18.2 Å². The van der Waals surface area contributed by atoms with E-state index in [0.717, 1.165) is 6.07 Å². The fraction of sp³-hybridized carbons (Fsp3) is 0.333. The molecule has 6 heteroatoms. The number of carboxylic acid groups (broad SMARTS) is 1. The molecular weight excluding hydrogens is 241 g/mol. The molecule has 2 N–H and O–H groups in total. The van der Waals surface area contributed by atoms with Crippen LogP contribution >= 0.6 is 0 Å². The van der Waals surface area contributed by atoms with E-state index in [-0.39, 0.29) is 17.7 Å². The molecule has 0 radical (unpaired) electrons. The number of nitrogens with one attached hydrogen (secondary N) is 1. The lowest BCUT2D eigenvalue weighted by molar-refractivity contribution is -0.139. The molecule has 5 nitrogen and oxygen atoms in total. The van der Waals surface area contributed by atoms with E-state index in [1.807, 2.05) is 0 Å². The van der Waals surface area contributed by atoms with Gasteiger partial charge in [0.25, 0.3) is 5.91 Å². The lowest BCUT2D eigenvalue weighted by atomic mass is 10.1. The van der Waals surface area contributed by atoms with Crippen LogP contribution in [0.5, 0.6) is 5.75 Å². The van der Waals surface area contributed by atoms with Gasteiger partial charge in [-0.05, 0) is 18.6 Å². The Bertz CT molecular complexity index is 461. The van der Waals surface area contributed by atoms with Crippen LogP contribution in [0, 0.1) is 5.82 Å². The molecule has 0 aliphatic rings. The van der Waals surface area contributed by atoms with E-state index in [0.29, 0.717) is 0 Å². The molecule has 18 heavy (non-hydrogen) atoms. The lowest BCUT2D eigenvalue weighted by Crippen LogP contribution is -2.40. The maximum absolute atomic E-state index is 13.6. The standard InChI is InChI=1S/C12H14FNO4/c1-3-8(12(16)17)14-11(15)10-7(13)5-4-6-9(10)18-2/h4-6,8H,3H2,1-2H3,(H,14,15)(H,16,17)/t8-/m0/s1. The number of aliphatic carboxylic acids is 1. The Labute approximate surface area is 104 Å². The minimum atomic E-state index is -1.17. The zero-order chi connectivity index (χ0) is 13.7. The highest BCUT2D eigenvalue weighted by Gasteiger charge is 2.23. The number of carbonyl (C=O) groups excluding carboxylic acids is 1. The number of rotatable bonds is 5. The first-order valence-electron chi connectivity index (χ1n) is 5.37. The molecule has 0 unspecified atom stereocenters. The Morgan fingerprint density at radius 2 is 2.17 bits per heavy atom. The van der Waals surface area contributed by atoms with Crippen molar-refractivity contribution in [3.05, 3.63) is 29.6 Å². The minimum Gasteiger partial charge on any atom is -0.496 e. The molecule has 0 saturated carbocycles. The van der Waals surface area contributed by atoms with Gasteiger partial charge in [-0.3, -0.25) is 4.79 Å². The number of halogens is 1. The van der Waals surface area contributed by atoms with Crippen LogP contribution in [-0.2, 0) is 4.79 Å². The van der Waals surface area contributed by atoms with Gasteiger partial charge in [-0.25, -0.2) is 9.18 Å². The third kappa shape index (κ3) is 2.97. The summed E-state index contributed by atoms with van der Waals surface area (Å²) in [5, 5.41) is 11.1. The van der Waals surface area contributed by atoms with Crippen LogP contribution in [0.1, 0.15) is 23.7 Å². The van der Waals surface area contributed by atoms with Gasteiger partial charge < -0.3 is 15.2 Å². The van der Waals surface area contributed by atoms with Crippen molar-refractivity contribution in [3.63, 3.8) is 0 Å². The second kappa shape index (κ2) is 6.00. The van der Waals surface area contributed by atoms with E-state index in [4.69, 9.17) is 9.84 Å². The first-order valence-corrected chi connectivity index (χ1v) is 5.37. The first-order chi connectivity index (χ1) is 8.51. The fourth-order valence-electron chi connectivity index (χ4n) is 1.46. The number of ether oxygens (including phenoxy) is 1. The summed E-state index contributed by atoms with van der Waals surface area (Å²) in [6, 6.07) is 2.89. The van der Waals surface area contributed by atoms with Gasteiger partial charge in [-0.2, -0.15) is 0 Å². The van der Waals surface area contributed by atoms with Gasteiger partial charge in [0.15, 0.2) is 0 Å². The molecule has 0 heterocycles. The molecule has 0 aromatic heterocycles. The van der Waals surface area contributed by atoms with Crippen LogP contribution in [-0.4, -0.2) is 30.1 Å². The van der Waals surface area contributed by atoms with E-state index in [9.17, 15) is 14.0 Å². The maximum atomic E-state index is 13.6. The number of hydrogen-bond donors (Lipinski definition) is 2. The molecule has 0 fully saturated rings. The average Bonchev–Trinajstić information content (AvgIpc) is 2.34. The van der Waals surface area contributed by atoms with Crippen LogP contribution < -0.4 is 10.1 Å². The maximum Gasteiger partial charge on any atom is 0.326 e. The molecule has 1 atom stereocenters. The molecule has 98 valence electrons. The fourth-order valence-corrected chi connectivity index (χ4v) is 1.46. The smallest absolute Gasteiger partial charge is 0.326 e. The largest absolute Gasteiger partial charge is 0.496 e. The summed E-state index contributed by atoms with van der Waals surface area (Å²) >= 11 is 0. The van der Waals surface area contributed by atoms with E-state index in [1.54, 1.807) is 6.92 Å². The predicted octanol–water partition coefficient (Wildman–Crippen LogP) is 1.43. The highest BCUT2D eigenvalue weighted by Crippen LogP contribution is 2.21. The van der Waals surface area contributed by atoms with Crippen LogP contribution in [0.25, 0.3) is 0 Å². The number of benzene rings is 1. The van der Waals surface area contributed by atoms with Crippen molar-refractivity contribution in [2.24, 2.45) is 0 Å². The van der Waals surface area contributed by atoms with Gasteiger partial charge in [-0.1, -0.05) is 13.0 Å². The average molecular weight is 255 g/mol. The number of carbonyl (C=O) groups is 2. The van der Waals surface area contributed by atoms with Crippen LogP contribution in [0.4, 0.5) is 4.39 Å². The van der Waals surface area contributed by atoms with Gasteiger partial charge in [0.1, 0.15) is 23.2 Å². The monoisotopic (exact) mass is 255 g/mol. The van der Waals surface area contributed by atoms with Crippen molar-refractivity contribution >= 4 is 11.9 Å². The molecule has 0 aliphatic carbocycles. The van der Waals surface area contributed by atoms with E-state index < -0.39 is 23.7 Å². The highest BCUT2D eigenvalue weighted by atomic mass is 19.1. The Kier molecular flexibility index (Phi) is 4.65. The molecule has 0 aliphatic heterocycles. The first kappa shape index (κ1) is 14.0. The number of carboxylic acids is 1. The minimum absolute atomic E-state index is 0.0627. The zero-order valence-electron chi connectivity index (χ0n) is 10.1. The zero-order valence-corrected chi connectivity index (χ0v) is 10.1. The molecule has 1 amide bonds. The molecule has 0 spiro atoms. The summed E-state index contributed by atoms with van der Waals surface area (Å²) in [6.07, 6.45) is 0.206. The second-order valence-electron chi connectivity index (χ2n) is 3.59. The van der Waals surface area contributed by atoms with Crippen molar-refractivity contribution in [1.29, 1.82) is 0 Å². The number of methoxy groups -OCH3 is 1. The number of amides is 1. The van der Waals surface area contributed by atoms with Gasteiger partial charge in [0.2, 0.25) is 0 Å². The molecule has 0 bridgehead atoms. The van der Waals surface area contributed by atoms with Gasteiger partial charge >= 0.3 is 5.97 Å². The quantitative estimate of drug-likeness (QED) is 0.834. The topological polar surface area (TPSA) is 75.6 Å². The van der Waals surface area contributed by atoms with E-state index >= 15 is 0 Å². The van der Waals surface area contributed by atoms with Crippen molar-refractivity contribution in [3.8, 4) is 5.75 Å². The van der Waals surface area contributed by atoms with Crippen LogP contribution in [0.2, 0.25) is 0 Å². The van der Waals surface area contributed by atoms with Gasteiger partial charge in [0, 0.05) is 0 Å². The summed E-state index contributed by atoms with van der Waals surface area (Å²) in [5.41, 5.74) is -0.292. The molecular formula is C12H14FNO4. The summed E-state index contributed by atoms with van der Waals surface area (Å²) in [7, 11) is 1.31. The Balaban J connectivity index is 3.00. The van der Waals surface area contributed by atoms with Crippen LogP contribution in [0.3, 0.4) is 0 Å².